The van der Waals surface area contributed by atoms with E-state index in [9.17, 15) is 9.18 Å². The van der Waals surface area contributed by atoms with E-state index in [1.807, 2.05) is 11.8 Å². The van der Waals surface area contributed by atoms with Gasteiger partial charge in [0.1, 0.15) is 5.82 Å². The van der Waals surface area contributed by atoms with E-state index in [4.69, 9.17) is 4.52 Å². The maximum absolute atomic E-state index is 13.0. The van der Waals surface area contributed by atoms with Crippen molar-refractivity contribution in [2.24, 2.45) is 0 Å². The Morgan fingerprint density at radius 3 is 2.77 bits per heavy atom. The Bertz CT molecular complexity index is 683. The van der Waals surface area contributed by atoms with Gasteiger partial charge in [-0.15, -0.1) is 0 Å². The van der Waals surface area contributed by atoms with Crippen LogP contribution in [0.25, 0.3) is 11.5 Å². The average molecular weight is 303 g/mol. The lowest BCUT2D eigenvalue weighted by atomic mass is 9.81. The highest BCUT2D eigenvalue weighted by atomic mass is 19.1. The first-order valence-corrected chi connectivity index (χ1v) is 7.34. The summed E-state index contributed by atoms with van der Waals surface area (Å²) in [4.78, 5) is 17.9. The van der Waals surface area contributed by atoms with Crippen molar-refractivity contribution in [3.05, 3.63) is 35.9 Å². The van der Waals surface area contributed by atoms with Crippen LogP contribution in [0, 0.1) is 5.82 Å². The first-order chi connectivity index (χ1) is 10.5. The molecule has 116 valence electrons. The van der Waals surface area contributed by atoms with Crippen LogP contribution >= 0.6 is 0 Å². The van der Waals surface area contributed by atoms with Crippen molar-refractivity contribution in [2.45, 2.75) is 32.1 Å². The van der Waals surface area contributed by atoms with Crippen LogP contribution in [0.1, 0.15) is 32.5 Å². The van der Waals surface area contributed by atoms with Gasteiger partial charge in [0, 0.05) is 31.0 Å². The molecule has 1 aromatic heterocycles. The van der Waals surface area contributed by atoms with E-state index >= 15 is 0 Å². The van der Waals surface area contributed by atoms with Crippen molar-refractivity contribution in [3.63, 3.8) is 0 Å². The van der Waals surface area contributed by atoms with Crippen LogP contribution in [0.4, 0.5) is 4.39 Å². The minimum Gasteiger partial charge on any atom is -0.342 e. The third-order valence-corrected chi connectivity index (χ3v) is 4.20. The molecule has 2 aromatic rings. The molecule has 0 radical (unpaired) electrons. The van der Waals surface area contributed by atoms with Gasteiger partial charge in [-0.3, -0.25) is 4.79 Å². The fourth-order valence-corrected chi connectivity index (χ4v) is 2.87. The summed E-state index contributed by atoms with van der Waals surface area (Å²) in [6, 6.07) is 5.94. The second kappa shape index (κ2) is 5.51. The van der Waals surface area contributed by atoms with Crippen molar-refractivity contribution in [3.8, 4) is 11.5 Å². The number of halogens is 1. The van der Waals surface area contributed by atoms with Gasteiger partial charge < -0.3 is 9.42 Å². The lowest BCUT2D eigenvalue weighted by Crippen LogP contribution is -2.46. The quantitative estimate of drug-likeness (QED) is 0.856. The van der Waals surface area contributed by atoms with Crippen molar-refractivity contribution in [1.29, 1.82) is 0 Å². The van der Waals surface area contributed by atoms with E-state index in [1.165, 1.54) is 12.1 Å². The summed E-state index contributed by atoms with van der Waals surface area (Å²) in [5.41, 5.74) is 0.370. The van der Waals surface area contributed by atoms with Gasteiger partial charge in [-0.1, -0.05) is 12.1 Å². The lowest BCUT2D eigenvalue weighted by Gasteiger charge is -2.37. The van der Waals surface area contributed by atoms with Crippen LogP contribution in [-0.2, 0) is 10.2 Å². The van der Waals surface area contributed by atoms with Gasteiger partial charge in [0.05, 0.1) is 0 Å². The Morgan fingerprint density at radius 1 is 1.36 bits per heavy atom. The van der Waals surface area contributed by atoms with Crippen molar-refractivity contribution in [2.75, 3.05) is 13.1 Å². The third kappa shape index (κ3) is 2.73. The number of hydrogen-bond donors (Lipinski definition) is 0. The van der Waals surface area contributed by atoms with Crippen LogP contribution in [0.5, 0.6) is 0 Å². The predicted octanol–water partition coefficient (Wildman–Crippen LogP) is 2.78. The van der Waals surface area contributed by atoms with Crippen LogP contribution in [0.15, 0.2) is 28.8 Å². The normalized spacial score (nSPS) is 21.9. The molecule has 5 nitrogen and oxygen atoms in total. The molecule has 1 saturated heterocycles. The molecule has 0 spiro atoms. The zero-order valence-corrected chi connectivity index (χ0v) is 12.7. The Kier molecular flexibility index (Phi) is 3.68. The fraction of sp³-hybridized carbons (Fsp3) is 0.438. The Hall–Kier alpha value is -2.24. The lowest BCUT2D eigenvalue weighted by molar-refractivity contribution is -0.131. The molecule has 0 saturated carbocycles. The van der Waals surface area contributed by atoms with Gasteiger partial charge in [-0.05, 0) is 37.1 Å². The molecule has 0 bridgehead atoms. The van der Waals surface area contributed by atoms with Gasteiger partial charge in [-0.2, -0.15) is 4.98 Å². The van der Waals surface area contributed by atoms with Crippen molar-refractivity contribution < 1.29 is 13.7 Å². The number of nitrogens with zero attached hydrogens (tertiary/aromatic N) is 3. The number of likely N-dealkylation sites (tertiary alicyclic amines) is 1. The second-order valence-corrected chi connectivity index (χ2v) is 6.03. The van der Waals surface area contributed by atoms with Crippen molar-refractivity contribution >= 4 is 5.91 Å². The predicted molar refractivity (Wildman–Crippen MR) is 78.5 cm³/mol. The van der Waals surface area contributed by atoms with Gasteiger partial charge in [0.25, 0.3) is 5.89 Å². The summed E-state index contributed by atoms with van der Waals surface area (Å²) in [6.45, 7) is 4.98. The molecule has 3 rings (SSSR count). The molecule has 1 fully saturated rings. The fourth-order valence-electron chi connectivity index (χ4n) is 2.87. The monoisotopic (exact) mass is 303 g/mol. The Morgan fingerprint density at radius 2 is 2.09 bits per heavy atom. The van der Waals surface area contributed by atoms with Gasteiger partial charge in [-0.25, -0.2) is 4.39 Å². The molecule has 1 atom stereocenters. The number of rotatable bonds is 2. The highest BCUT2D eigenvalue weighted by Gasteiger charge is 2.37. The highest BCUT2D eigenvalue weighted by molar-refractivity contribution is 5.73. The molecule has 22 heavy (non-hydrogen) atoms. The van der Waals surface area contributed by atoms with Gasteiger partial charge in [0.15, 0.2) is 5.82 Å². The topological polar surface area (TPSA) is 59.2 Å². The maximum atomic E-state index is 13.0. The molecular formula is C16H18FN3O2. The summed E-state index contributed by atoms with van der Waals surface area (Å²) in [6.07, 6.45) is 1.82. The standard InChI is InChI=1S/C16H18FN3O2/c1-11(21)20-9-3-8-16(2,10-20)15-18-14(22-19-15)12-4-6-13(17)7-5-12/h4-7H,3,8-10H2,1-2H3. The summed E-state index contributed by atoms with van der Waals surface area (Å²) >= 11 is 0. The molecule has 2 heterocycles. The van der Waals surface area contributed by atoms with Gasteiger partial charge in [0.2, 0.25) is 5.91 Å². The molecule has 1 unspecified atom stereocenters. The van der Waals surface area contributed by atoms with Crippen LogP contribution in [0.2, 0.25) is 0 Å². The van der Waals surface area contributed by atoms with Crippen LogP contribution in [-0.4, -0.2) is 34.0 Å². The third-order valence-electron chi connectivity index (χ3n) is 4.20. The van der Waals surface area contributed by atoms with E-state index in [2.05, 4.69) is 10.1 Å². The number of aromatic nitrogens is 2. The molecule has 1 aliphatic heterocycles. The number of carbonyl (C=O) groups excluding carboxylic acids is 1. The summed E-state index contributed by atoms with van der Waals surface area (Å²) in [5.74, 6) is 0.724. The molecule has 0 aliphatic carbocycles. The molecule has 1 aliphatic rings. The van der Waals surface area contributed by atoms with E-state index in [0.717, 1.165) is 19.4 Å². The van der Waals surface area contributed by atoms with E-state index in [1.54, 1.807) is 19.1 Å². The summed E-state index contributed by atoms with van der Waals surface area (Å²) in [7, 11) is 0. The second-order valence-electron chi connectivity index (χ2n) is 6.03. The molecule has 1 amide bonds. The van der Waals surface area contributed by atoms with Crippen molar-refractivity contribution in [1.82, 2.24) is 15.0 Å². The zero-order chi connectivity index (χ0) is 15.7. The number of carbonyl (C=O) groups is 1. The van der Waals surface area contributed by atoms with Crippen LogP contribution in [0.3, 0.4) is 0 Å². The SMILES string of the molecule is CC(=O)N1CCCC(C)(c2noc(-c3ccc(F)cc3)n2)C1. The van der Waals surface area contributed by atoms with E-state index in [-0.39, 0.29) is 17.1 Å². The molecule has 1 aromatic carbocycles. The maximum Gasteiger partial charge on any atom is 0.257 e. The largest absolute Gasteiger partial charge is 0.342 e. The molecule has 0 N–H and O–H groups in total. The average Bonchev–Trinajstić information content (AvgIpc) is 2.99. The minimum absolute atomic E-state index is 0.0631. The first kappa shape index (κ1) is 14.7. The van der Waals surface area contributed by atoms with Crippen LogP contribution < -0.4 is 0 Å². The van der Waals surface area contributed by atoms with E-state index < -0.39 is 0 Å². The minimum atomic E-state index is -0.314. The molecule has 6 heteroatoms. The highest BCUT2D eigenvalue weighted by Crippen LogP contribution is 2.33. The van der Waals surface area contributed by atoms with E-state index in [0.29, 0.717) is 23.8 Å². The number of hydrogen-bond acceptors (Lipinski definition) is 4. The Balaban J connectivity index is 1.86. The first-order valence-electron chi connectivity index (χ1n) is 7.34. The molecular weight excluding hydrogens is 285 g/mol. The summed E-state index contributed by atoms with van der Waals surface area (Å²) < 4.78 is 18.3. The summed E-state index contributed by atoms with van der Waals surface area (Å²) in [5, 5.41) is 4.09. The van der Waals surface area contributed by atoms with Gasteiger partial charge >= 0.3 is 0 Å². The zero-order valence-electron chi connectivity index (χ0n) is 12.7. The number of amides is 1. The Labute approximate surface area is 128 Å². The number of piperidine rings is 1. The smallest absolute Gasteiger partial charge is 0.257 e. The number of benzene rings is 1.